The van der Waals surface area contributed by atoms with Gasteiger partial charge in [0.05, 0.1) is 18.1 Å². The Bertz CT molecular complexity index is 840. The molecule has 0 unspecified atom stereocenters. The zero-order valence-electron chi connectivity index (χ0n) is 11.8. The first-order chi connectivity index (χ1) is 10.7. The van der Waals surface area contributed by atoms with Crippen molar-refractivity contribution in [2.45, 2.75) is 0 Å². The van der Waals surface area contributed by atoms with Crippen molar-refractivity contribution in [2.75, 3.05) is 12.5 Å². The lowest BCUT2D eigenvalue weighted by atomic mass is 10.0. The Kier molecular flexibility index (Phi) is 3.57. The number of benzene rings is 2. The summed E-state index contributed by atoms with van der Waals surface area (Å²) in [5.41, 5.74) is 4.95. The van der Waals surface area contributed by atoms with E-state index in [1.165, 1.54) is 18.1 Å². The number of methoxy groups -OCH3 is 1. The van der Waals surface area contributed by atoms with E-state index in [-0.39, 0.29) is 5.78 Å². The third-order valence-corrected chi connectivity index (χ3v) is 3.24. The molecular formula is C16H13N3O3. The standard InChI is InChI=1S/C16H13N3O3/c1-22-16(21)18-19-10-17-13-9-12(7-8-14(13)19)15(20)11-5-3-2-4-6-11/h2-10H,1H3,(H,18,21). The second kappa shape index (κ2) is 5.69. The van der Waals surface area contributed by atoms with Crippen molar-refractivity contribution in [2.24, 2.45) is 0 Å². The Balaban J connectivity index is 1.94. The third kappa shape index (κ3) is 2.54. The third-order valence-electron chi connectivity index (χ3n) is 3.24. The minimum Gasteiger partial charge on any atom is -0.452 e. The first kappa shape index (κ1) is 13.8. The van der Waals surface area contributed by atoms with Gasteiger partial charge in [0.15, 0.2) is 5.78 Å². The van der Waals surface area contributed by atoms with Gasteiger partial charge in [0.2, 0.25) is 0 Å². The molecule has 6 heteroatoms. The van der Waals surface area contributed by atoms with Crippen LogP contribution in [0.4, 0.5) is 4.79 Å². The van der Waals surface area contributed by atoms with Crippen molar-refractivity contribution in [3.8, 4) is 0 Å². The Morgan fingerprint density at radius 1 is 1.09 bits per heavy atom. The van der Waals surface area contributed by atoms with Gasteiger partial charge in [0.25, 0.3) is 0 Å². The molecule has 6 nitrogen and oxygen atoms in total. The molecule has 0 aliphatic rings. The van der Waals surface area contributed by atoms with Crippen LogP contribution in [0, 0.1) is 0 Å². The van der Waals surface area contributed by atoms with Crippen molar-refractivity contribution in [3.05, 3.63) is 66.0 Å². The number of ether oxygens (including phenoxy) is 1. The molecule has 3 rings (SSSR count). The predicted molar refractivity (Wildman–Crippen MR) is 81.4 cm³/mol. The molecule has 0 saturated carbocycles. The van der Waals surface area contributed by atoms with Crippen LogP contribution in [-0.4, -0.2) is 28.6 Å². The number of carbonyl (C=O) groups is 2. The monoisotopic (exact) mass is 295 g/mol. The average Bonchev–Trinajstić information content (AvgIpc) is 2.97. The largest absolute Gasteiger partial charge is 0.452 e. The van der Waals surface area contributed by atoms with E-state index in [9.17, 15) is 9.59 Å². The number of aromatic nitrogens is 2. The van der Waals surface area contributed by atoms with E-state index in [0.29, 0.717) is 22.2 Å². The van der Waals surface area contributed by atoms with Gasteiger partial charge in [-0.15, -0.1) is 0 Å². The van der Waals surface area contributed by atoms with Crippen molar-refractivity contribution in [1.29, 1.82) is 0 Å². The average molecular weight is 295 g/mol. The molecule has 0 atom stereocenters. The van der Waals surface area contributed by atoms with Gasteiger partial charge in [-0.3, -0.25) is 4.79 Å². The molecule has 0 fully saturated rings. The Labute approximate surface area is 126 Å². The number of nitrogens with zero attached hydrogens (tertiary/aromatic N) is 2. The number of fused-ring (bicyclic) bond motifs is 1. The maximum absolute atomic E-state index is 12.4. The van der Waals surface area contributed by atoms with Gasteiger partial charge in [-0.1, -0.05) is 30.3 Å². The SMILES string of the molecule is COC(=O)Nn1cnc2cc(C(=O)c3ccccc3)ccc21. The van der Waals surface area contributed by atoms with E-state index in [2.05, 4.69) is 15.1 Å². The van der Waals surface area contributed by atoms with Crippen molar-refractivity contribution in [1.82, 2.24) is 9.66 Å². The van der Waals surface area contributed by atoms with Crippen LogP contribution in [0.3, 0.4) is 0 Å². The first-order valence-corrected chi connectivity index (χ1v) is 6.61. The maximum Gasteiger partial charge on any atom is 0.426 e. The summed E-state index contributed by atoms with van der Waals surface area (Å²) in [4.78, 5) is 27.8. The minimum atomic E-state index is -0.594. The molecule has 0 aliphatic carbocycles. The van der Waals surface area contributed by atoms with E-state index in [0.717, 1.165) is 0 Å². The fraction of sp³-hybridized carbons (Fsp3) is 0.0625. The minimum absolute atomic E-state index is 0.0713. The Morgan fingerprint density at radius 3 is 2.59 bits per heavy atom. The van der Waals surface area contributed by atoms with Crippen LogP contribution in [0.15, 0.2) is 54.9 Å². The first-order valence-electron chi connectivity index (χ1n) is 6.61. The summed E-state index contributed by atoms with van der Waals surface area (Å²) in [6, 6.07) is 14.2. The number of hydrogen-bond acceptors (Lipinski definition) is 4. The fourth-order valence-corrected chi connectivity index (χ4v) is 2.14. The van der Waals surface area contributed by atoms with Gasteiger partial charge in [0, 0.05) is 11.1 Å². The highest BCUT2D eigenvalue weighted by molar-refractivity contribution is 6.10. The van der Waals surface area contributed by atoms with Crippen molar-refractivity contribution >= 4 is 22.9 Å². The zero-order valence-corrected chi connectivity index (χ0v) is 11.8. The smallest absolute Gasteiger partial charge is 0.426 e. The van der Waals surface area contributed by atoms with Crippen LogP contribution < -0.4 is 5.43 Å². The highest BCUT2D eigenvalue weighted by atomic mass is 16.5. The van der Waals surface area contributed by atoms with Crippen LogP contribution in [0.1, 0.15) is 15.9 Å². The van der Waals surface area contributed by atoms with E-state index in [1.807, 2.05) is 18.2 Å². The van der Waals surface area contributed by atoms with Gasteiger partial charge in [-0.2, -0.15) is 0 Å². The molecule has 0 aliphatic heterocycles. The second-order valence-electron chi connectivity index (χ2n) is 4.62. The normalized spacial score (nSPS) is 10.4. The van der Waals surface area contributed by atoms with Crippen LogP contribution in [0.2, 0.25) is 0 Å². The number of imidazole rings is 1. The maximum atomic E-state index is 12.4. The molecule has 1 N–H and O–H groups in total. The van der Waals surface area contributed by atoms with Crippen molar-refractivity contribution in [3.63, 3.8) is 0 Å². The Hall–Kier alpha value is -3.15. The topological polar surface area (TPSA) is 73.2 Å². The summed E-state index contributed by atoms with van der Waals surface area (Å²) < 4.78 is 5.98. The summed E-state index contributed by atoms with van der Waals surface area (Å²) in [6.07, 6.45) is 0.863. The van der Waals surface area contributed by atoms with Gasteiger partial charge < -0.3 is 4.74 Å². The van der Waals surface area contributed by atoms with Gasteiger partial charge in [-0.25, -0.2) is 19.9 Å². The molecule has 0 radical (unpaired) electrons. The summed E-state index contributed by atoms with van der Waals surface area (Å²) in [6.45, 7) is 0. The molecule has 110 valence electrons. The lowest BCUT2D eigenvalue weighted by molar-refractivity contribution is 0.103. The number of carbonyl (C=O) groups excluding carboxylic acids is 2. The number of hydrogen-bond donors (Lipinski definition) is 1. The summed E-state index contributed by atoms with van der Waals surface area (Å²) in [5.74, 6) is -0.0713. The molecule has 1 aromatic heterocycles. The van der Waals surface area contributed by atoms with Crippen LogP contribution >= 0.6 is 0 Å². The highest BCUT2D eigenvalue weighted by Crippen LogP contribution is 2.17. The van der Waals surface area contributed by atoms with E-state index in [1.54, 1.807) is 30.3 Å². The van der Waals surface area contributed by atoms with Gasteiger partial charge in [-0.05, 0) is 18.2 Å². The molecule has 0 saturated heterocycles. The molecular weight excluding hydrogens is 282 g/mol. The van der Waals surface area contributed by atoms with Gasteiger partial charge in [0.1, 0.15) is 6.33 Å². The molecule has 0 bridgehead atoms. The number of ketones is 1. The molecule has 22 heavy (non-hydrogen) atoms. The molecule has 0 spiro atoms. The lowest BCUT2D eigenvalue weighted by Gasteiger charge is -2.05. The molecule has 1 heterocycles. The molecule has 3 aromatic rings. The Morgan fingerprint density at radius 2 is 1.86 bits per heavy atom. The van der Waals surface area contributed by atoms with Crippen LogP contribution in [-0.2, 0) is 4.74 Å². The predicted octanol–water partition coefficient (Wildman–Crippen LogP) is 2.58. The van der Waals surface area contributed by atoms with Crippen molar-refractivity contribution < 1.29 is 14.3 Å². The number of rotatable bonds is 3. The highest BCUT2D eigenvalue weighted by Gasteiger charge is 2.12. The van der Waals surface area contributed by atoms with Crippen LogP contribution in [0.5, 0.6) is 0 Å². The summed E-state index contributed by atoms with van der Waals surface area (Å²) in [7, 11) is 1.28. The number of nitrogens with one attached hydrogen (secondary N) is 1. The number of amides is 1. The van der Waals surface area contributed by atoms with E-state index < -0.39 is 6.09 Å². The lowest BCUT2D eigenvalue weighted by Crippen LogP contribution is -2.21. The van der Waals surface area contributed by atoms with Gasteiger partial charge >= 0.3 is 6.09 Å². The molecule has 2 aromatic carbocycles. The second-order valence-corrected chi connectivity index (χ2v) is 4.62. The fourth-order valence-electron chi connectivity index (χ4n) is 2.14. The summed E-state index contributed by atoms with van der Waals surface area (Å²) in [5, 5.41) is 0. The van der Waals surface area contributed by atoms with E-state index >= 15 is 0 Å². The van der Waals surface area contributed by atoms with Crippen LogP contribution in [0.25, 0.3) is 11.0 Å². The summed E-state index contributed by atoms with van der Waals surface area (Å²) >= 11 is 0. The van der Waals surface area contributed by atoms with E-state index in [4.69, 9.17) is 0 Å². The zero-order chi connectivity index (χ0) is 15.5. The molecule has 1 amide bonds. The quantitative estimate of drug-likeness (QED) is 0.754.